The lowest BCUT2D eigenvalue weighted by Gasteiger charge is -2.33. The third-order valence-electron chi connectivity index (χ3n) is 8.47. The van der Waals surface area contributed by atoms with E-state index in [4.69, 9.17) is 18.3 Å². The molecule has 0 unspecified atom stereocenters. The second-order valence-corrected chi connectivity index (χ2v) is 12.5. The average Bonchev–Trinajstić information content (AvgIpc) is 3.81. The third kappa shape index (κ3) is 7.72. The van der Waals surface area contributed by atoms with E-state index in [2.05, 4.69) is 10.6 Å². The fourth-order valence-corrected chi connectivity index (χ4v) is 5.88. The van der Waals surface area contributed by atoms with Gasteiger partial charge in [0.2, 0.25) is 5.91 Å². The molecule has 0 aliphatic carbocycles. The Morgan fingerprint density at radius 2 is 1.55 bits per heavy atom. The van der Waals surface area contributed by atoms with Gasteiger partial charge in [0, 0.05) is 43.4 Å². The molecule has 0 radical (unpaired) electrons. The number of rotatable bonds is 10. The number of esters is 1. The molecule has 0 bridgehead atoms. The minimum Gasteiger partial charge on any atom is -0.459 e. The topological polar surface area (TPSA) is 161 Å². The maximum absolute atomic E-state index is 13.8. The minimum absolute atomic E-state index is 0.0146. The third-order valence-corrected chi connectivity index (χ3v) is 8.47. The number of fused-ring (bicyclic) bond motifs is 3. The molecule has 1 aliphatic heterocycles. The van der Waals surface area contributed by atoms with Crippen molar-refractivity contribution < 1.29 is 42.3 Å². The zero-order chi connectivity index (χ0) is 36.1. The number of hydrogen-bond acceptors (Lipinski definition) is 9. The summed E-state index contributed by atoms with van der Waals surface area (Å²) >= 11 is 0. The van der Waals surface area contributed by atoms with E-state index in [1.807, 2.05) is 44.2 Å². The van der Waals surface area contributed by atoms with Crippen LogP contribution in [0.3, 0.4) is 0 Å². The van der Waals surface area contributed by atoms with E-state index in [1.54, 1.807) is 42.2 Å². The highest BCUT2D eigenvalue weighted by Crippen LogP contribution is 2.37. The highest BCUT2D eigenvalue weighted by atomic mass is 16.6. The number of anilines is 1. The van der Waals surface area contributed by atoms with Gasteiger partial charge in [-0.1, -0.05) is 57.2 Å². The van der Waals surface area contributed by atoms with Gasteiger partial charge in [-0.3, -0.25) is 19.2 Å². The Hall–Kier alpha value is -6.11. The molecule has 3 aromatic carbocycles. The molecule has 5 aromatic rings. The second kappa shape index (κ2) is 15.2. The summed E-state index contributed by atoms with van der Waals surface area (Å²) in [7, 11) is 0. The SMILES string of the molecule is CCC(=O)Oc1c(NC(=O)[C@H](CC(C)C)NC(=O)c2cccc3c2oc2ccccc23)cccc1OC(=O)N1CCN(C(=O)c2ccco2)CC1. The molecule has 1 saturated heterocycles. The van der Waals surface area contributed by atoms with E-state index in [9.17, 15) is 24.0 Å². The van der Waals surface area contributed by atoms with E-state index in [0.29, 0.717) is 17.6 Å². The summed E-state index contributed by atoms with van der Waals surface area (Å²) in [5.41, 5.74) is 1.40. The van der Waals surface area contributed by atoms with E-state index in [-0.39, 0.29) is 72.9 Å². The van der Waals surface area contributed by atoms with Gasteiger partial charge in [0.25, 0.3) is 11.8 Å². The first-order valence-corrected chi connectivity index (χ1v) is 16.8. The Bertz CT molecular complexity index is 2080. The van der Waals surface area contributed by atoms with Crippen molar-refractivity contribution in [2.45, 2.75) is 39.7 Å². The van der Waals surface area contributed by atoms with E-state index in [0.717, 1.165) is 10.8 Å². The summed E-state index contributed by atoms with van der Waals surface area (Å²) in [6.07, 6.45) is 1.01. The monoisotopic (exact) mass is 694 g/mol. The van der Waals surface area contributed by atoms with Crippen molar-refractivity contribution in [3.8, 4) is 11.5 Å². The largest absolute Gasteiger partial charge is 0.459 e. The number of carbonyl (C=O) groups excluding carboxylic acids is 5. The number of nitrogens with one attached hydrogen (secondary N) is 2. The number of carbonyl (C=O) groups is 5. The fraction of sp³-hybridized carbons (Fsp3) is 0.289. The minimum atomic E-state index is -0.988. The summed E-state index contributed by atoms with van der Waals surface area (Å²) in [5, 5.41) is 7.28. The zero-order valence-electron chi connectivity index (χ0n) is 28.5. The predicted octanol–water partition coefficient (Wildman–Crippen LogP) is 6.23. The number of nitrogens with zero attached hydrogens (tertiary/aromatic N) is 2. The smallest absolute Gasteiger partial charge is 0.415 e. The first-order chi connectivity index (χ1) is 24.6. The van der Waals surface area contributed by atoms with Crippen LogP contribution in [0.15, 0.2) is 87.9 Å². The molecular weight excluding hydrogens is 656 g/mol. The summed E-state index contributed by atoms with van der Waals surface area (Å²) < 4.78 is 22.5. The van der Waals surface area contributed by atoms with Crippen molar-refractivity contribution in [1.29, 1.82) is 0 Å². The maximum atomic E-state index is 13.8. The molecule has 1 aliphatic rings. The Kier molecular flexibility index (Phi) is 10.4. The number of amides is 4. The molecule has 0 saturated carbocycles. The Labute approximate surface area is 293 Å². The molecule has 3 heterocycles. The standard InChI is InChI=1S/C38H38N4O9/c1-4-32(43)51-34-27(13-8-15-30(34)50-38(47)42-19-17-41(18-20-42)37(46)31-16-9-21-48-31)39-36(45)28(22-23(2)3)40-35(44)26-12-7-11-25-24-10-5-6-14-29(24)49-33(25)26/h5-16,21,23,28H,4,17-20,22H2,1-3H3,(H,39,45)(H,40,44)/t28-/m0/s1. The molecule has 6 rings (SSSR count). The van der Waals surface area contributed by atoms with Crippen molar-refractivity contribution in [2.24, 2.45) is 5.92 Å². The molecular formula is C38H38N4O9. The van der Waals surface area contributed by atoms with Crippen molar-refractivity contribution in [2.75, 3.05) is 31.5 Å². The van der Waals surface area contributed by atoms with Gasteiger partial charge in [-0.25, -0.2) is 4.79 Å². The highest BCUT2D eigenvalue weighted by molar-refractivity contribution is 6.14. The normalized spacial score (nSPS) is 13.6. The first-order valence-electron chi connectivity index (χ1n) is 16.8. The number of hydrogen-bond donors (Lipinski definition) is 2. The van der Waals surface area contributed by atoms with E-state index >= 15 is 0 Å². The quantitative estimate of drug-likeness (QED) is 0.128. The summed E-state index contributed by atoms with van der Waals surface area (Å²) in [6, 6.07) is 19.5. The van der Waals surface area contributed by atoms with Crippen LogP contribution in [0.1, 0.15) is 54.5 Å². The number of piperazine rings is 1. The Morgan fingerprint density at radius 3 is 2.27 bits per heavy atom. The number of ether oxygens (including phenoxy) is 2. The van der Waals surface area contributed by atoms with Gasteiger partial charge in [-0.2, -0.15) is 0 Å². The number of para-hydroxylation sites is 3. The van der Waals surface area contributed by atoms with Gasteiger partial charge in [-0.05, 0) is 48.7 Å². The van der Waals surface area contributed by atoms with Crippen LogP contribution in [-0.2, 0) is 9.59 Å². The van der Waals surface area contributed by atoms with Crippen LogP contribution in [-0.4, -0.2) is 71.8 Å². The lowest BCUT2D eigenvalue weighted by atomic mass is 10.0. The molecule has 1 atom stereocenters. The van der Waals surface area contributed by atoms with Crippen molar-refractivity contribution in [3.05, 3.63) is 90.4 Å². The maximum Gasteiger partial charge on any atom is 0.415 e. The fourth-order valence-electron chi connectivity index (χ4n) is 5.88. The average molecular weight is 695 g/mol. The molecule has 0 spiro atoms. The van der Waals surface area contributed by atoms with Gasteiger partial charge >= 0.3 is 12.1 Å². The number of furan rings is 2. The lowest BCUT2D eigenvalue weighted by Crippen LogP contribution is -2.51. The molecule has 13 nitrogen and oxygen atoms in total. The van der Waals surface area contributed by atoms with Crippen molar-refractivity contribution in [3.63, 3.8) is 0 Å². The summed E-state index contributed by atoms with van der Waals surface area (Å²) in [5.74, 6) is -1.97. The van der Waals surface area contributed by atoms with Crippen LogP contribution in [0.5, 0.6) is 11.5 Å². The van der Waals surface area contributed by atoms with Gasteiger partial charge in [0.05, 0.1) is 17.5 Å². The van der Waals surface area contributed by atoms with Crippen LogP contribution in [0.25, 0.3) is 21.9 Å². The van der Waals surface area contributed by atoms with Gasteiger partial charge in [0.15, 0.2) is 17.3 Å². The Morgan fingerprint density at radius 1 is 0.824 bits per heavy atom. The highest BCUT2D eigenvalue weighted by Gasteiger charge is 2.30. The van der Waals surface area contributed by atoms with E-state index in [1.165, 1.54) is 23.3 Å². The Balaban J connectivity index is 1.19. The van der Waals surface area contributed by atoms with Crippen molar-refractivity contribution in [1.82, 2.24) is 15.1 Å². The molecule has 4 amide bonds. The first kappa shape index (κ1) is 34.7. The zero-order valence-corrected chi connectivity index (χ0v) is 28.5. The molecule has 2 aromatic heterocycles. The molecule has 51 heavy (non-hydrogen) atoms. The van der Waals surface area contributed by atoms with Crippen LogP contribution < -0.4 is 20.1 Å². The second-order valence-electron chi connectivity index (χ2n) is 12.5. The molecule has 1 fully saturated rings. The lowest BCUT2D eigenvalue weighted by molar-refractivity contribution is -0.134. The van der Waals surface area contributed by atoms with Gasteiger partial charge in [-0.15, -0.1) is 0 Å². The predicted molar refractivity (Wildman–Crippen MR) is 188 cm³/mol. The van der Waals surface area contributed by atoms with Crippen LogP contribution >= 0.6 is 0 Å². The number of benzene rings is 3. The van der Waals surface area contributed by atoms with E-state index < -0.39 is 29.9 Å². The summed E-state index contributed by atoms with van der Waals surface area (Å²) in [4.78, 5) is 68.9. The van der Waals surface area contributed by atoms with Crippen LogP contribution in [0, 0.1) is 5.92 Å². The van der Waals surface area contributed by atoms with Crippen molar-refractivity contribution >= 4 is 57.4 Å². The van der Waals surface area contributed by atoms with Gasteiger partial charge < -0.3 is 38.7 Å². The molecule has 264 valence electrons. The van der Waals surface area contributed by atoms with Gasteiger partial charge in [0.1, 0.15) is 17.2 Å². The van der Waals surface area contributed by atoms with Crippen LogP contribution in [0.4, 0.5) is 10.5 Å². The molecule has 13 heteroatoms. The summed E-state index contributed by atoms with van der Waals surface area (Å²) in [6.45, 7) is 6.37. The molecule has 2 N–H and O–H groups in total. The van der Waals surface area contributed by atoms with Crippen LogP contribution in [0.2, 0.25) is 0 Å².